The Morgan fingerprint density at radius 2 is 1.57 bits per heavy atom. The van der Waals surface area contributed by atoms with Crippen LogP contribution >= 0.6 is 15.9 Å². The van der Waals surface area contributed by atoms with Crippen LogP contribution in [0.2, 0.25) is 0 Å². The highest BCUT2D eigenvalue weighted by molar-refractivity contribution is 9.10. The van der Waals surface area contributed by atoms with Gasteiger partial charge in [-0.25, -0.2) is 8.42 Å². The number of nitrogens with zero attached hydrogens (tertiary/aromatic N) is 1. The van der Waals surface area contributed by atoms with E-state index in [1.807, 2.05) is 0 Å². The highest BCUT2D eigenvalue weighted by Gasteiger charge is 2.33. The maximum atomic E-state index is 12.8. The van der Waals surface area contributed by atoms with Crippen LogP contribution in [0.4, 0.5) is 0 Å². The Hall–Kier alpha value is -2.03. The summed E-state index contributed by atoms with van der Waals surface area (Å²) >= 11 is 3.32. The molecule has 3 rings (SSSR count). The molecule has 0 unspecified atom stereocenters. The van der Waals surface area contributed by atoms with E-state index in [0.717, 1.165) is 4.47 Å². The molecular weight excluding hydrogens is 446 g/mol. The predicted molar refractivity (Wildman–Crippen MR) is 108 cm³/mol. The number of carbonyl (C=O) groups is 2. The normalized spacial score (nSPS) is 15.9. The molecule has 1 heterocycles. The summed E-state index contributed by atoms with van der Waals surface area (Å²) in [6, 6.07) is 12.9. The lowest BCUT2D eigenvalue weighted by atomic mass is 9.98. The SMILES string of the molecule is CC(=O)c1ccc(S(=O)(=O)N2CCC(C(=O)Oc3ccc(Br)cc3)CC2)cc1. The van der Waals surface area contributed by atoms with E-state index in [2.05, 4.69) is 15.9 Å². The molecule has 0 N–H and O–H groups in total. The standard InChI is InChI=1S/C20H20BrNO5S/c1-14(23)15-2-8-19(9-3-15)28(25,26)22-12-10-16(11-13-22)20(24)27-18-6-4-17(21)5-7-18/h2-9,16H,10-13H2,1H3. The van der Waals surface area contributed by atoms with Gasteiger partial charge in [-0.1, -0.05) is 28.1 Å². The number of hydrogen-bond acceptors (Lipinski definition) is 5. The van der Waals surface area contributed by atoms with Crippen LogP contribution in [-0.4, -0.2) is 37.6 Å². The van der Waals surface area contributed by atoms with Crippen molar-refractivity contribution in [3.63, 3.8) is 0 Å². The second-order valence-corrected chi connectivity index (χ2v) is 9.49. The molecular formula is C20H20BrNO5S. The van der Waals surface area contributed by atoms with E-state index in [4.69, 9.17) is 4.74 Å². The first-order valence-corrected chi connectivity index (χ1v) is 11.1. The van der Waals surface area contributed by atoms with Crippen LogP contribution in [-0.2, 0) is 14.8 Å². The lowest BCUT2D eigenvalue weighted by molar-refractivity contribution is -0.140. The molecule has 1 aliphatic rings. The molecule has 0 amide bonds. The highest BCUT2D eigenvalue weighted by Crippen LogP contribution is 2.26. The summed E-state index contributed by atoms with van der Waals surface area (Å²) in [4.78, 5) is 23.8. The first kappa shape index (κ1) is 20.7. The molecule has 0 spiro atoms. The zero-order valence-corrected chi connectivity index (χ0v) is 17.7. The van der Waals surface area contributed by atoms with Crippen molar-refractivity contribution in [2.45, 2.75) is 24.7 Å². The molecule has 2 aromatic rings. The summed E-state index contributed by atoms with van der Waals surface area (Å²) in [5, 5.41) is 0. The second-order valence-electron chi connectivity index (χ2n) is 6.63. The van der Waals surface area contributed by atoms with E-state index in [1.54, 1.807) is 24.3 Å². The van der Waals surface area contributed by atoms with Gasteiger partial charge in [-0.2, -0.15) is 4.31 Å². The number of halogens is 1. The minimum absolute atomic E-state index is 0.117. The van der Waals surface area contributed by atoms with Crippen molar-refractivity contribution in [1.29, 1.82) is 0 Å². The van der Waals surface area contributed by atoms with Crippen molar-refractivity contribution in [2.75, 3.05) is 13.1 Å². The van der Waals surface area contributed by atoms with Crippen molar-refractivity contribution < 1.29 is 22.7 Å². The molecule has 6 nitrogen and oxygen atoms in total. The first-order valence-electron chi connectivity index (χ1n) is 8.86. The molecule has 0 radical (unpaired) electrons. The average Bonchev–Trinajstić information content (AvgIpc) is 2.70. The van der Waals surface area contributed by atoms with E-state index in [-0.39, 0.29) is 35.7 Å². The van der Waals surface area contributed by atoms with Crippen molar-refractivity contribution in [3.8, 4) is 5.75 Å². The third-order valence-electron chi connectivity index (χ3n) is 4.72. The van der Waals surface area contributed by atoms with E-state index >= 15 is 0 Å². The Bertz CT molecular complexity index is 963. The fourth-order valence-corrected chi connectivity index (χ4v) is 4.78. The van der Waals surface area contributed by atoms with Crippen molar-refractivity contribution in [3.05, 3.63) is 58.6 Å². The molecule has 1 fully saturated rings. The summed E-state index contributed by atoms with van der Waals surface area (Å²) in [6.07, 6.45) is 0.806. The Balaban J connectivity index is 1.61. The molecule has 2 aromatic carbocycles. The number of hydrogen-bond donors (Lipinski definition) is 0. The number of ether oxygens (including phenoxy) is 1. The van der Waals surface area contributed by atoms with Crippen LogP contribution in [0.15, 0.2) is 57.9 Å². The summed E-state index contributed by atoms with van der Waals surface area (Å²) < 4.78 is 33.2. The summed E-state index contributed by atoms with van der Waals surface area (Å²) in [6.45, 7) is 1.93. The molecule has 0 saturated carbocycles. The number of carbonyl (C=O) groups excluding carboxylic acids is 2. The molecule has 8 heteroatoms. The number of esters is 1. The van der Waals surface area contributed by atoms with Crippen LogP contribution in [0.25, 0.3) is 0 Å². The van der Waals surface area contributed by atoms with E-state index < -0.39 is 10.0 Å². The van der Waals surface area contributed by atoms with Gasteiger partial charge in [0.15, 0.2) is 5.78 Å². The minimum Gasteiger partial charge on any atom is -0.426 e. The van der Waals surface area contributed by atoms with Gasteiger partial charge in [0.05, 0.1) is 10.8 Å². The van der Waals surface area contributed by atoms with Gasteiger partial charge in [0.25, 0.3) is 0 Å². The zero-order valence-electron chi connectivity index (χ0n) is 15.3. The number of Topliss-reactive ketones (excluding diaryl/α,β-unsaturated/α-hetero) is 1. The van der Waals surface area contributed by atoms with Crippen LogP contribution in [0.5, 0.6) is 5.75 Å². The maximum Gasteiger partial charge on any atom is 0.314 e. The van der Waals surface area contributed by atoms with Gasteiger partial charge < -0.3 is 4.74 Å². The topological polar surface area (TPSA) is 80.8 Å². The van der Waals surface area contributed by atoms with Crippen LogP contribution in [0.3, 0.4) is 0 Å². The molecule has 0 aliphatic carbocycles. The van der Waals surface area contributed by atoms with Gasteiger partial charge in [0.2, 0.25) is 10.0 Å². The summed E-state index contributed by atoms with van der Waals surface area (Å²) in [5.74, 6) is -0.330. The molecule has 148 valence electrons. The van der Waals surface area contributed by atoms with Gasteiger partial charge in [-0.15, -0.1) is 0 Å². The third-order valence-corrected chi connectivity index (χ3v) is 7.16. The monoisotopic (exact) mass is 465 g/mol. The highest BCUT2D eigenvalue weighted by atomic mass is 79.9. The smallest absolute Gasteiger partial charge is 0.314 e. The molecule has 0 atom stereocenters. The number of rotatable bonds is 5. The number of ketones is 1. The van der Waals surface area contributed by atoms with Gasteiger partial charge in [-0.05, 0) is 56.2 Å². The van der Waals surface area contributed by atoms with Crippen LogP contribution < -0.4 is 4.74 Å². The van der Waals surface area contributed by atoms with Gasteiger partial charge in [0.1, 0.15) is 5.75 Å². The first-order chi connectivity index (χ1) is 13.3. The number of sulfonamides is 1. The molecule has 1 aliphatic heterocycles. The quantitative estimate of drug-likeness (QED) is 0.382. The molecule has 0 aromatic heterocycles. The fourth-order valence-electron chi connectivity index (χ4n) is 3.04. The van der Waals surface area contributed by atoms with Crippen molar-refractivity contribution in [1.82, 2.24) is 4.31 Å². The fraction of sp³-hybridized carbons (Fsp3) is 0.300. The lowest BCUT2D eigenvalue weighted by Gasteiger charge is -2.30. The minimum atomic E-state index is -3.65. The zero-order chi connectivity index (χ0) is 20.3. The molecule has 1 saturated heterocycles. The van der Waals surface area contributed by atoms with E-state index in [1.165, 1.54) is 35.5 Å². The summed E-state index contributed by atoms with van der Waals surface area (Å²) in [5.41, 5.74) is 0.466. The Kier molecular flexibility index (Phi) is 6.32. The predicted octanol–water partition coefficient (Wildman–Crippen LogP) is 3.66. The number of piperidine rings is 1. The Morgan fingerprint density at radius 3 is 2.11 bits per heavy atom. The largest absolute Gasteiger partial charge is 0.426 e. The van der Waals surface area contributed by atoms with Crippen molar-refractivity contribution >= 4 is 37.7 Å². The summed E-state index contributed by atoms with van der Waals surface area (Å²) in [7, 11) is -3.65. The maximum absolute atomic E-state index is 12.8. The van der Waals surface area contributed by atoms with Gasteiger partial charge >= 0.3 is 5.97 Å². The van der Waals surface area contributed by atoms with Gasteiger partial charge in [0, 0.05) is 23.1 Å². The van der Waals surface area contributed by atoms with Crippen molar-refractivity contribution in [2.24, 2.45) is 5.92 Å². The second kappa shape index (κ2) is 8.55. The molecule has 0 bridgehead atoms. The Labute approximate surface area is 172 Å². The van der Waals surface area contributed by atoms with E-state index in [0.29, 0.717) is 24.2 Å². The number of benzene rings is 2. The van der Waals surface area contributed by atoms with Crippen LogP contribution in [0.1, 0.15) is 30.1 Å². The van der Waals surface area contributed by atoms with Gasteiger partial charge in [-0.3, -0.25) is 9.59 Å². The third kappa shape index (κ3) is 4.68. The lowest BCUT2D eigenvalue weighted by Crippen LogP contribution is -2.41. The van der Waals surface area contributed by atoms with Crippen LogP contribution in [0, 0.1) is 5.92 Å². The van der Waals surface area contributed by atoms with E-state index in [9.17, 15) is 18.0 Å². The molecule has 28 heavy (non-hydrogen) atoms. The average molecular weight is 466 g/mol. The Morgan fingerprint density at radius 1 is 1.00 bits per heavy atom.